The lowest BCUT2D eigenvalue weighted by Gasteiger charge is -2.36. The highest BCUT2D eigenvalue weighted by molar-refractivity contribution is 7.80. The van der Waals surface area contributed by atoms with Gasteiger partial charge in [0.25, 0.3) is 11.8 Å². The maximum absolute atomic E-state index is 12.5. The first kappa shape index (κ1) is 22.9. The summed E-state index contributed by atoms with van der Waals surface area (Å²) in [7, 11) is 0. The van der Waals surface area contributed by atoms with Crippen LogP contribution in [0.2, 0.25) is 0 Å². The van der Waals surface area contributed by atoms with Crippen molar-refractivity contribution in [1.29, 1.82) is 0 Å². The molecule has 1 aromatic heterocycles. The molecule has 1 fully saturated rings. The molecule has 0 radical (unpaired) electrons. The zero-order valence-corrected chi connectivity index (χ0v) is 20.3. The SMILES string of the molecule is Cc1cc(C)cc(C(=O)NC(=S)Nc2ccc(N3CCN(C(=O)c4cccs4)CC3)cc2)c1. The van der Waals surface area contributed by atoms with Crippen molar-refractivity contribution in [3.63, 3.8) is 0 Å². The molecule has 2 heterocycles. The molecule has 2 amide bonds. The molecule has 0 aliphatic carbocycles. The molecule has 0 saturated carbocycles. The van der Waals surface area contributed by atoms with Crippen LogP contribution in [-0.4, -0.2) is 48.0 Å². The van der Waals surface area contributed by atoms with Crippen molar-refractivity contribution in [2.45, 2.75) is 13.8 Å². The second-order valence-corrected chi connectivity index (χ2v) is 9.44. The first-order valence-corrected chi connectivity index (χ1v) is 12.1. The highest BCUT2D eigenvalue weighted by Gasteiger charge is 2.22. The van der Waals surface area contributed by atoms with Gasteiger partial charge in [-0.25, -0.2) is 0 Å². The Labute approximate surface area is 203 Å². The Morgan fingerprint density at radius 3 is 2.21 bits per heavy atom. The molecule has 8 heteroatoms. The third kappa shape index (κ3) is 5.77. The fourth-order valence-electron chi connectivity index (χ4n) is 3.92. The van der Waals surface area contributed by atoms with Crippen molar-refractivity contribution in [1.82, 2.24) is 10.2 Å². The van der Waals surface area contributed by atoms with E-state index in [0.29, 0.717) is 18.7 Å². The van der Waals surface area contributed by atoms with E-state index in [9.17, 15) is 9.59 Å². The fourth-order valence-corrected chi connectivity index (χ4v) is 4.82. The van der Waals surface area contributed by atoms with Crippen LogP contribution in [0.3, 0.4) is 0 Å². The first-order chi connectivity index (χ1) is 15.9. The van der Waals surface area contributed by atoms with E-state index in [1.807, 2.05) is 78.7 Å². The Morgan fingerprint density at radius 1 is 0.939 bits per heavy atom. The molecule has 0 atom stereocenters. The standard InChI is InChI=1S/C25H26N4O2S2/c1-17-14-18(2)16-19(15-17)23(30)27-25(32)26-20-5-7-21(8-6-20)28-9-11-29(12-10-28)24(31)22-4-3-13-33-22/h3-8,13-16H,9-12H2,1-2H3,(H2,26,27,30,32). The van der Waals surface area contributed by atoms with Crippen LogP contribution >= 0.6 is 23.6 Å². The van der Waals surface area contributed by atoms with E-state index in [2.05, 4.69) is 15.5 Å². The van der Waals surface area contributed by atoms with Gasteiger partial charge in [-0.15, -0.1) is 11.3 Å². The summed E-state index contributed by atoms with van der Waals surface area (Å²) in [6, 6.07) is 17.4. The van der Waals surface area contributed by atoms with Crippen molar-refractivity contribution in [3.05, 3.63) is 81.5 Å². The van der Waals surface area contributed by atoms with Gasteiger partial charge in [0.15, 0.2) is 5.11 Å². The average molecular weight is 479 g/mol. The van der Waals surface area contributed by atoms with Crippen molar-refractivity contribution in [2.75, 3.05) is 36.4 Å². The molecule has 0 bridgehead atoms. The van der Waals surface area contributed by atoms with Crippen LogP contribution in [0.1, 0.15) is 31.2 Å². The molecule has 0 spiro atoms. The van der Waals surface area contributed by atoms with E-state index in [4.69, 9.17) is 12.2 Å². The molecule has 2 N–H and O–H groups in total. The Hall–Kier alpha value is -3.23. The van der Waals surface area contributed by atoms with E-state index in [1.165, 1.54) is 11.3 Å². The van der Waals surface area contributed by atoms with Gasteiger partial charge < -0.3 is 15.1 Å². The number of anilines is 2. The van der Waals surface area contributed by atoms with Gasteiger partial charge in [0.2, 0.25) is 0 Å². The predicted molar refractivity (Wildman–Crippen MR) is 138 cm³/mol. The van der Waals surface area contributed by atoms with E-state index >= 15 is 0 Å². The van der Waals surface area contributed by atoms with Gasteiger partial charge >= 0.3 is 0 Å². The van der Waals surface area contributed by atoms with Gasteiger partial charge in [-0.3, -0.25) is 14.9 Å². The third-order valence-electron chi connectivity index (χ3n) is 5.50. The summed E-state index contributed by atoms with van der Waals surface area (Å²) >= 11 is 6.80. The lowest BCUT2D eigenvalue weighted by atomic mass is 10.1. The molecule has 170 valence electrons. The van der Waals surface area contributed by atoms with Crippen LogP contribution in [-0.2, 0) is 0 Å². The van der Waals surface area contributed by atoms with Gasteiger partial charge in [0.05, 0.1) is 4.88 Å². The number of nitrogens with one attached hydrogen (secondary N) is 2. The summed E-state index contributed by atoms with van der Waals surface area (Å²) in [5, 5.41) is 7.99. The quantitative estimate of drug-likeness (QED) is 0.543. The highest BCUT2D eigenvalue weighted by Crippen LogP contribution is 2.21. The van der Waals surface area contributed by atoms with Crippen LogP contribution < -0.4 is 15.5 Å². The van der Waals surface area contributed by atoms with Crippen LogP contribution in [0.15, 0.2) is 60.0 Å². The number of benzene rings is 2. The summed E-state index contributed by atoms with van der Waals surface area (Å²) in [6.07, 6.45) is 0. The number of hydrogen-bond donors (Lipinski definition) is 2. The molecule has 2 aromatic carbocycles. The minimum atomic E-state index is -0.231. The number of hydrogen-bond acceptors (Lipinski definition) is 5. The minimum Gasteiger partial charge on any atom is -0.368 e. The number of nitrogens with zero attached hydrogens (tertiary/aromatic N) is 2. The largest absolute Gasteiger partial charge is 0.368 e. The first-order valence-electron chi connectivity index (χ1n) is 10.8. The molecule has 6 nitrogen and oxygen atoms in total. The van der Waals surface area contributed by atoms with Crippen LogP contribution in [0.5, 0.6) is 0 Å². The molecule has 3 aromatic rings. The second-order valence-electron chi connectivity index (χ2n) is 8.09. The van der Waals surface area contributed by atoms with Gasteiger partial charge in [-0.05, 0) is 73.9 Å². The van der Waals surface area contributed by atoms with Crippen molar-refractivity contribution in [2.24, 2.45) is 0 Å². The predicted octanol–water partition coefficient (Wildman–Crippen LogP) is 4.45. The summed E-state index contributed by atoms with van der Waals surface area (Å²) < 4.78 is 0. The Balaban J connectivity index is 1.29. The molecule has 1 saturated heterocycles. The van der Waals surface area contributed by atoms with Crippen LogP contribution in [0.25, 0.3) is 0 Å². The van der Waals surface area contributed by atoms with Gasteiger partial charge in [-0.2, -0.15) is 0 Å². The normalized spacial score (nSPS) is 13.5. The lowest BCUT2D eigenvalue weighted by molar-refractivity contribution is 0.0751. The molecular formula is C25H26N4O2S2. The van der Waals surface area contributed by atoms with Gasteiger partial charge in [-0.1, -0.05) is 23.3 Å². The summed E-state index contributed by atoms with van der Waals surface area (Å²) in [5.41, 5.74) is 4.55. The molecule has 33 heavy (non-hydrogen) atoms. The summed E-state index contributed by atoms with van der Waals surface area (Å²) in [4.78, 5) is 30.0. The second kappa shape index (κ2) is 10.1. The number of aryl methyl sites for hydroxylation is 2. The topological polar surface area (TPSA) is 64.7 Å². The number of thiocarbonyl (C=S) groups is 1. The number of carbonyl (C=O) groups is 2. The Bertz CT molecular complexity index is 1130. The number of amides is 2. The van der Waals surface area contributed by atoms with Gasteiger partial charge in [0, 0.05) is 43.1 Å². The van der Waals surface area contributed by atoms with Crippen molar-refractivity contribution < 1.29 is 9.59 Å². The maximum Gasteiger partial charge on any atom is 0.264 e. The Kier molecular flexibility index (Phi) is 7.05. The van der Waals surface area contributed by atoms with E-state index in [1.54, 1.807) is 0 Å². The number of thiophene rings is 1. The van der Waals surface area contributed by atoms with Crippen LogP contribution in [0.4, 0.5) is 11.4 Å². The van der Waals surface area contributed by atoms with Gasteiger partial charge in [0.1, 0.15) is 0 Å². The number of carbonyl (C=O) groups excluding carboxylic acids is 2. The average Bonchev–Trinajstić information content (AvgIpc) is 3.33. The van der Waals surface area contributed by atoms with Crippen molar-refractivity contribution >= 4 is 51.9 Å². The zero-order chi connectivity index (χ0) is 23.4. The lowest BCUT2D eigenvalue weighted by Crippen LogP contribution is -2.48. The number of rotatable bonds is 4. The fraction of sp³-hybridized carbons (Fsp3) is 0.240. The Morgan fingerprint density at radius 2 is 1.61 bits per heavy atom. The van der Waals surface area contributed by atoms with E-state index < -0.39 is 0 Å². The summed E-state index contributed by atoms with van der Waals surface area (Å²) in [5.74, 6) is -0.119. The monoisotopic (exact) mass is 478 g/mol. The third-order valence-corrected chi connectivity index (χ3v) is 6.56. The van der Waals surface area contributed by atoms with Crippen molar-refractivity contribution in [3.8, 4) is 0 Å². The zero-order valence-electron chi connectivity index (χ0n) is 18.6. The minimum absolute atomic E-state index is 0.112. The maximum atomic E-state index is 12.5. The molecule has 1 aliphatic rings. The summed E-state index contributed by atoms with van der Waals surface area (Å²) in [6.45, 7) is 6.89. The molecule has 1 aliphatic heterocycles. The highest BCUT2D eigenvalue weighted by atomic mass is 32.1. The molecule has 0 unspecified atom stereocenters. The van der Waals surface area contributed by atoms with E-state index in [-0.39, 0.29) is 16.9 Å². The molecular weight excluding hydrogens is 452 g/mol. The van der Waals surface area contributed by atoms with E-state index in [0.717, 1.165) is 40.5 Å². The number of piperazine rings is 1. The molecule has 4 rings (SSSR count). The smallest absolute Gasteiger partial charge is 0.264 e. The van der Waals surface area contributed by atoms with Crippen LogP contribution in [0, 0.1) is 13.8 Å².